The summed E-state index contributed by atoms with van der Waals surface area (Å²) in [5.41, 5.74) is 0. The van der Waals surface area contributed by atoms with Gasteiger partial charge in [-0.25, -0.2) is 0 Å². The molecule has 1 fully saturated rings. The topological polar surface area (TPSA) is 15.3 Å². The molecule has 0 aromatic rings. The number of hydrogen-bond donors (Lipinski definition) is 1. The van der Waals surface area contributed by atoms with E-state index < -0.39 is 0 Å². The van der Waals surface area contributed by atoms with Crippen molar-refractivity contribution in [2.75, 3.05) is 33.2 Å². The van der Waals surface area contributed by atoms with E-state index in [4.69, 9.17) is 0 Å². The highest BCUT2D eigenvalue weighted by atomic mass is 15.1. The van der Waals surface area contributed by atoms with Crippen molar-refractivity contribution >= 4 is 0 Å². The number of rotatable bonds is 6. The smallest absolute Gasteiger partial charge is 0.00102 e. The van der Waals surface area contributed by atoms with E-state index in [1.165, 1.54) is 45.4 Å². The van der Waals surface area contributed by atoms with Crippen molar-refractivity contribution in [2.45, 2.75) is 33.1 Å². The van der Waals surface area contributed by atoms with E-state index in [1.54, 1.807) is 0 Å². The lowest BCUT2D eigenvalue weighted by Gasteiger charge is -2.14. The first-order valence-electron chi connectivity index (χ1n) is 6.11. The van der Waals surface area contributed by atoms with Crippen molar-refractivity contribution < 1.29 is 0 Å². The van der Waals surface area contributed by atoms with E-state index in [-0.39, 0.29) is 0 Å². The van der Waals surface area contributed by atoms with Crippen LogP contribution in [0.25, 0.3) is 0 Å². The van der Waals surface area contributed by atoms with E-state index in [1.807, 2.05) is 7.05 Å². The van der Waals surface area contributed by atoms with E-state index >= 15 is 0 Å². The first-order chi connectivity index (χ1) is 6.74. The van der Waals surface area contributed by atoms with Crippen LogP contribution in [0.2, 0.25) is 0 Å². The summed E-state index contributed by atoms with van der Waals surface area (Å²) in [5.74, 6) is 1.82. The van der Waals surface area contributed by atoms with Crippen molar-refractivity contribution in [1.82, 2.24) is 10.2 Å². The van der Waals surface area contributed by atoms with Crippen LogP contribution in [0, 0.1) is 11.8 Å². The molecule has 0 amide bonds. The molecule has 84 valence electrons. The normalized spacial score (nSPS) is 28.5. The van der Waals surface area contributed by atoms with Gasteiger partial charge in [-0.15, -0.1) is 0 Å². The minimum atomic E-state index is 0.910. The summed E-state index contributed by atoms with van der Waals surface area (Å²) in [6.45, 7) is 9.91. The lowest BCUT2D eigenvalue weighted by atomic mass is 10.0. The fourth-order valence-corrected chi connectivity index (χ4v) is 2.25. The van der Waals surface area contributed by atoms with Gasteiger partial charge >= 0.3 is 0 Å². The summed E-state index contributed by atoms with van der Waals surface area (Å²) in [7, 11) is 2.03. The molecule has 0 aromatic carbocycles. The van der Waals surface area contributed by atoms with Gasteiger partial charge in [0.15, 0.2) is 0 Å². The predicted octanol–water partition coefficient (Wildman–Crippen LogP) is 1.96. The second-order valence-electron chi connectivity index (χ2n) is 4.88. The van der Waals surface area contributed by atoms with E-state index in [9.17, 15) is 0 Å². The van der Waals surface area contributed by atoms with Crippen LogP contribution in [-0.4, -0.2) is 38.1 Å². The number of nitrogens with zero attached hydrogens (tertiary/aromatic N) is 1. The summed E-state index contributed by atoms with van der Waals surface area (Å²) < 4.78 is 0. The predicted molar refractivity (Wildman–Crippen MR) is 62.5 cm³/mol. The average Bonchev–Trinajstić information content (AvgIpc) is 2.46. The summed E-state index contributed by atoms with van der Waals surface area (Å²) in [5, 5.41) is 3.20. The highest BCUT2D eigenvalue weighted by Crippen LogP contribution is 2.22. The van der Waals surface area contributed by atoms with Crippen molar-refractivity contribution in [2.24, 2.45) is 11.8 Å². The van der Waals surface area contributed by atoms with Gasteiger partial charge in [-0.2, -0.15) is 0 Å². The fraction of sp³-hybridized carbons (Fsp3) is 1.00. The minimum Gasteiger partial charge on any atom is -0.320 e. The molecule has 1 rings (SSSR count). The molecule has 2 unspecified atom stereocenters. The van der Waals surface area contributed by atoms with E-state index in [0.717, 1.165) is 11.8 Å². The van der Waals surface area contributed by atoms with Gasteiger partial charge in [0.25, 0.3) is 0 Å². The molecule has 0 saturated carbocycles. The highest BCUT2D eigenvalue weighted by molar-refractivity contribution is 4.78. The molecule has 0 spiro atoms. The zero-order chi connectivity index (χ0) is 10.4. The molecule has 2 atom stereocenters. The first kappa shape index (κ1) is 12.0. The third-order valence-corrected chi connectivity index (χ3v) is 3.46. The molecule has 0 radical (unpaired) electrons. The lowest BCUT2D eigenvalue weighted by Crippen LogP contribution is -2.22. The van der Waals surface area contributed by atoms with Gasteiger partial charge in [0.2, 0.25) is 0 Å². The van der Waals surface area contributed by atoms with Crippen LogP contribution in [0.15, 0.2) is 0 Å². The monoisotopic (exact) mass is 198 g/mol. The molecule has 0 aromatic heterocycles. The minimum absolute atomic E-state index is 0.910. The SMILES string of the molecule is CNCCCCCN1CC(C)C(C)C1. The second-order valence-corrected chi connectivity index (χ2v) is 4.88. The zero-order valence-electron chi connectivity index (χ0n) is 10.1. The zero-order valence-corrected chi connectivity index (χ0v) is 10.1. The Labute approximate surface area is 89.1 Å². The Kier molecular flexibility index (Phi) is 5.49. The Bertz CT molecular complexity index is 137. The van der Waals surface area contributed by atoms with Gasteiger partial charge in [-0.05, 0) is 44.8 Å². The van der Waals surface area contributed by atoms with Crippen LogP contribution in [0.4, 0.5) is 0 Å². The number of likely N-dealkylation sites (tertiary alicyclic amines) is 1. The van der Waals surface area contributed by atoms with Gasteiger partial charge in [0.1, 0.15) is 0 Å². The van der Waals surface area contributed by atoms with Crippen molar-refractivity contribution in [3.8, 4) is 0 Å². The third-order valence-electron chi connectivity index (χ3n) is 3.46. The molecular weight excluding hydrogens is 172 g/mol. The number of hydrogen-bond acceptors (Lipinski definition) is 2. The molecule has 2 nitrogen and oxygen atoms in total. The van der Waals surface area contributed by atoms with Gasteiger partial charge in [0.05, 0.1) is 0 Å². The molecule has 14 heavy (non-hydrogen) atoms. The molecule has 1 aliphatic rings. The summed E-state index contributed by atoms with van der Waals surface area (Å²) >= 11 is 0. The molecule has 0 aliphatic carbocycles. The average molecular weight is 198 g/mol. The fourth-order valence-electron chi connectivity index (χ4n) is 2.25. The summed E-state index contributed by atoms with van der Waals surface area (Å²) in [4.78, 5) is 2.63. The number of nitrogens with one attached hydrogen (secondary N) is 1. The van der Waals surface area contributed by atoms with Gasteiger partial charge < -0.3 is 10.2 Å². The maximum absolute atomic E-state index is 3.20. The lowest BCUT2D eigenvalue weighted by molar-refractivity contribution is 0.314. The van der Waals surface area contributed by atoms with Crippen LogP contribution < -0.4 is 5.32 Å². The Morgan fingerprint density at radius 2 is 1.71 bits per heavy atom. The Morgan fingerprint density at radius 3 is 2.29 bits per heavy atom. The van der Waals surface area contributed by atoms with Crippen LogP contribution in [0.3, 0.4) is 0 Å². The Balaban J connectivity index is 1.97. The van der Waals surface area contributed by atoms with Gasteiger partial charge in [-0.3, -0.25) is 0 Å². The van der Waals surface area contributed by atoms with Crippen molar-refractivity contribution in [3.63, 3.8) is 0 Å². The largest absolute Gasteiger partial charge is 0.320 e. The molecule has 1 heterocycles. The molecule has 1 N–H and O–H groups in total. The molecule has 1 saturated heterocycles. The quantitative estimate of drug-likeness (QED) is 0.656. The molecular formula is C12H26N2. The van der Waals surface area contributed by atoms with Crippen LogP contribution in [0.1, 0.15) is 33.1 Å². The van der Waals surface area contributed by atoms with Gasteiger partial charge in [-0.1, -0.05) is 20.3 Å². The van der Waals surface area contributed by atoms with Crippen LogP contribution >= 0.6 is 0 Å². The van der Waals surface area contributed by atoms with Crippen molar-refractivity contribution in [1.29, 1.82) is 0 Å². The number of unbranched alkanes of at least 4 members (excludes halogenated alkanes) is 2. The molecule has 1 aliphatic heterocycles. The van der Waals surface area contributed by atoms with E-state index in [2.05, 4.69) is 24.1 Å². The van der Waals surface area contributed by atoms with Crippen LogP contribution in [-0.2, 0) is 0 Å². The Hall–Kier alpha value is -0.0800. The maximum atomic E-state index is 3.20. The standard InChI is InChI=1S/C12H26N2/c1-11-9-14(10-12(11)2)8-6-4-5-7-13-3/h11-13H,4-10H2,1-3H3. The second kappa shape index (κ2) is 6.41. The molecule has 0 bridgehead atoms. The highest BCUT2D eigenvalue weighted by Gasteiger charge is 2.24. The maximum Gasteiger partial charge on any atom is 0.00102 e. The molecule has 2 heteroatoms. The van der Waals surface area contributed by atoms with E-state index in [0.29, 0.717) is 0 Å². The van der Waals surface area contributed by atoms with Gasteiger partial charge in [0, 0.05) is 13.1 Å². The van der Waals surface area contributed by atoms with Crippen LogP contribution in [0.5, 0.6) is 0 Å². The van der Waals surface area contributed by atoms with Crippen molar-refractivity contribution in [3.05, 3.63) is 0 Å². The third kappa shape index (κ3) is 3.97. The summed E-state index contributed by atoms with van der Waals surface area (Å²) in [6, 6.07) is 0. The first-order valence-corrected chi connectivity index (χ1v) is 6.11. The summed E-state index contributed by atoms with van der Waals surface area (Å²) in [6.07, 6.45) is 4.08. The Morgan fingerprint density at radius 1 is 1.07 bits per heavy atom.